The van der Waals surface area contributed by atoms with Crippen LogP contribution >= 0.6 is 6.49 Å². The SMILES string of the molecule is OP(O)(=S)C(Nc1ccccc1)c1ccccc1. The second kappa shape index (κ2) is 5.63. The van der Waals surface area contributed by atoms with E-state index in [1.807, 2.05) is 60.7 Å². The molecule has 0 radical (unpaired) electrons. The third-order valence-corrected chi connectivity index (χ3v) is 4.26. The molecule has 0 aliphatic rings. The molecule has 0 spiro atoms. The average Bonchev–Trinajstić information content (AvgIpc) is 2.37. The van der Waals surface area contributed by atoms with E-state index in [1.165, 1.54) is 0 Å². The fourth-order valence-electron chi connectivity index (χ4n) is 1.69. The molecule has 0 aliphatic carbocycles. The van der Waals surface area contributed by atoms with Crippen LogP contribution in [0.4, 0.5) is 5.69 Å². The average molecular weight is 279 g/mol. The van der Waals surface area contributed by atoms with Crippen LogP contribution in [-0.2, 0) is 11.8 Å². The van der Waals surface area contributed by atoms with Gasteiger partial charge >= 0.3 is 0 Å². The molecule has 0 fully saturated rings. The van der Waals surface area contributed by atoms with E-state index < -0.39 is 12.3 Å². The van der Waals surface area contributed by atoms with E-state index in [2.05, 4.69) is 5.32 Å². The zero-order valence-electron chi connectivity index (χ0n) is 9.60. The minimum absolute atomic E-state index is 0.656. The summed E-state index contributed by atoms with van der Waals surface area (Å²) in [6, 6.07) is 18.6. The van der Waals surface area contributed by atoms with Crippen molar-refractivity contribution in [2.45, 2.75) is 5.78 Å². The van der Waals surface area contributed by atoms with E-state index in [0.29, 0.717) is 0 Å². The number of para-hydroxylation sites is 1. The Labute approximate surface area is 111 Å². The summed E-state index contributed by atoms with van der Waals surface area (Å²) in [5, 5.41) is 3.08. The highest BCUT2D eigenvalue weighted by atomic mass is 32.5. The Bertz CT molecular complexity index is 541. The molecule has 0 saturated carbocycles. The highest BCUT2D eigenvalue weighted by Crippen LogP contribution is 2.51. The summed E-state index contributed by atoms with van der Waals surface area (Å²) in [5.41, 5.74) is 1.58. The van der Waals surface area contributed by atoms with Gasteiger partial charge in [-0.25, -0.2) is 0 Å². The lowest BCUT2D eigenvalue weighted by Crippen LogP contribution is -2.10. The number of benzene rings is 2. The van der Waals surface area contributed by atoms with E-state index in [4.69, 9.17) is 11.8 Å². The van der Waals surface area contributed by atoms with Crippen molar-refractivity contribution in [1.29, 1.82) is 0 Å². The molecule has 3 N–H and O–H groups in total. The monoisotopic (exact) mass is 279 g/mol. The molecule has 5 heteroatoms. The molecular formula is C13H14NO2PS. The van der Waals surface area contributed by atoms with Gasteiger partial charge in [-0.1, -0.05) is 48.5 Å². The molecule has 0 saturated heterocycles. The molecule has 1 unspecified atom stereocenters. The Kier molecular flexibility index (Phi) is 4.15. The molecule has 1 atom stereocenters. The Morgan fingerprint density at radius 1 is 0.889 bits per heavy atom. The summed E-state index contributed by atoms with van der Waals surface area (Å²) in [4.78, 5) is 19.6. The first kappa shape index (κ1) is 13.2. The normalized spacial score (nSPS) is 13.0. The van der Waals surface area contributed by atoms with Crippen molar-refractivity contribution < 1.29 is 9.79 Å². The van der Waals surface area contributed by atoms with Gasteiger partial charge in [0.15, 0.2) is 0 Å². The molecule has 2 aromatic rings. The Morgan fingerprint density at radius 2 is 1.39 bits per heavy atom. The minimum Gasteiger partial charge on any atom is -0.370 e. The van der Waals surface area contributed by atoms with Gasteiger partial charge in [-0.15, -0.1) is 0 Å². The van der Waals surface area contributed by atoms with Crippen molar-refractivity contribution in [2.24, 2.45) is 0 Å². The highest BCUT2D eigenvalue weighted by Gasteiger charge is 2.25. The molecular weight excluding hydrogens is 265 g/mol. The van der Waals surface area contributed by atoms with E-state index in [9.17, 15) is 9.79 Å². The van der Waals surface area contributed by atoms with E-state index in [-0.39, 0.29) is 0 Å². The lowest BCUT2D eigenvalue weighted by molar-refractivity contribution is 0.467. The van der Waals surface area contributed by atoms with Crippen LogP contribution in [-0.4, -0.2) is 9.79 Å². The maximum Gasteiger partial charge on any atom is 0.210 e. The van der Waals surface area contributed by atoms with Crippen LogP contribution in [0.15, 0.2) is 60.7 Å². The largest absolute Gasteiger partial charge is 0.370 e. The first-order valence-electron chi connectivity index (χ1n) is 5.49. The first-order chi connectivity index (χ1) is 8.57. The topological polar surface area (TPSA) is 52.5 Å². The van der Waals surface area contributed by atoms with Crippen LogP contribution in [0.5, 0.6) is 0 Å². The van der Waals surface area contributed by atoms with E-state index >= 15 is 0 Å². The van der Waals surface area contributed by atoms with Crippen LogP contribution in [0.3, 0.4) is 0 Å². The first-order valence-corrected chi connectivity index (χ1v) is 8.27. The number of rotatable bonds is 4. The zero-order valence-corrected chi connectivity index (χ0v) is 11.3. The van der Waals surface area contributed by atoms with Crippen LogP contribution < -0.4 is 5.32 Å². The van der Waals surface area contributed by atoms with Gasteiger partial charge in [0.2, 0.25) is 6.49 Å². The van der Waals surface area contributed by atoms with Gasteiger partial charge in [-0.2, -0.15) is 0 Å². The lowest BCUT2D eigenvalue weighted by Gasteiger charge is -2.24. The summed E-state index contributed by atoms with van der Waals surface area (Å²) in [6.07, 6.45) is 0. The third kappa shape index (κ3) is 3.40. The third-order valence-electron chi connectivity index (χ3n) is 2.53. The summed E-state index contributed by atoms with van der Waals surface area (Å²) in [7, 11) is 0. The number of hydrogen-bond donors (Lipinski definition) is 3. The molecule has 0 amide bonds. The number of hydrogen-bond acceptors (Lipinski definition) is 2. The smallest absolute Gasteiger partial charge is 0.210 e. The zero-order chi connectivity index (χ0) is 13.0. The maximum absolute atomic E-state index is 9.81. The fraction of sp³-hybridized carbons (Fsp3) is 0.0769. The van der Waals surface area contributed by atoms with Gasteiger partial charge in [0.25, 0.3) is 0 Å². The van der Waals surface area contributed by atoms with Crippen molar-refractivity contribution in [1.82, 2.24) is 0 Å². The van der Waals surface area contributed by atoms with Crippen LogP contribution in [0, 0.1) is 0 Å². The van der Waals surface area contributed by atoms with Crippen molar-refractivity contribution >= 4 is 24.0 Å². The fourth-order valence-corrected chi connectivity index (χ4v) is 3.09. The summed E-state index contributed by atoms with van der Waals surface area (Å²) >= 11 is 4.85. The quantitative estimate of drug-likeness (QED) is 0.753. The Balaban J connectivity index is 2.31. The summed E-state index contributed by atoms with van der Waals surface area (Å²) in [5.74, 6) is -0.656. The minimum atomic E-state index is -3.44. The predicted molar refractivity (Wildman–Crippen MR) is 78.0 cm³/mol. The number of anilines is 1. The molecule has 94 valence electrons. The number of nitrogens with one attached hydrogen (secondary N) is 1. The molecule has 3 nitrogen and oxygen atoms in total. The van der Waals surface area contributed by atoms with Gasteiger partial charge in [0, 0.05) is 5.69 Å². The van der Waals surface area contributed by atoms with Crippen LogP contribution in [0.1, 0.15) is 11.3 Å². The summed E-state index contributed by atoms with van der Waals surface area (Å²) < 4.78 is 0. The molecule has 0 aromatic heterocycles. The highest BCUT2D eigenvalue weighted by molar-refractivity contribution is 8.09. The van der Waals surface area contributed by atoms with Gasteiger partial charge in [0.05, 0.1) is 0 Å². The standard InChI is InChI=1S/C13H14NO2PS/c15-17(16,18)13(11-7-3-1-4-8-11)14-12-9-5-2-6-10-12/h1-10,13-14H,(H2,15,16,18). The van der Waals surface area contributed by atoms with Crippen LogP contribution in [0.2, 0.25) is 0 Å². The molecule has 18 heavy (non-hydrogen) atoms. The van der Waals surface area contributed by atoms with Gasteiger partial charge in [0.1, 0.15) is 5.78 Å². The molecule has 2 aromatic carbocycles. The maximum atomic E-state index is 9.81. The Hall–Kier alpha value is -1.19. The predicted octanol–water partition coefficient (Wildman–Crippen LogP) is 3.09. The van der Waals surface area contributed by atoms with Crippen molar-refractivity contribution in [3.05, 3.63) is 66.2 Å². The Morgan fingerprint density at radius 3 is 1.89 bits per heavy atom. The van der Waals surface area contributed by atoms with Crippen LogP contribution in [0.25, 0.3) is 0 Å². The second-order valence-electron chi connectivity index (χ2n) is 3.91. The summed E-state index contributed by atoms with van der Waals surface area (Å²) in [6.45, 7) is -3.44. The van der Waals surface area contributed by atoms with Crippen molar-refractivity contribution in [2.75, 3.05) is 5.32 Å². The molecule has 0 bridgehead atoms. The van der Waals surface area contributed by atoms with Gasteiger partial charge < -0.3 is 15.1 Å². The van der Waals surface area contributed by atoms with E-state index in [1.54, 1.807) is 0 Å². The van der Waals surface area contributed by atoms with Crippen molar-refractivity contribution in [3.8, 4) is 0 Å². The molecule has 0 heterocycles. The van der Waals surface area contributed by atoms with Crippen molar-refractivity contribution in [3.63, 3.8) is 0 Å². The van der Waals surface area contributed by atoms with E-state index in [0.717, 1.165) is 11.3 Å². The molecule has 2 rings (SSSR count). The van der Waals surface area contributed by atoms with Gasteiger partial charge in [-0.3, -0.25) is 0 Å². The van der Waals surface area contributed by atoms with Gasteiger partial charge in [-0.05, 0) is 29.5 Å². The lowest BCUT2D eigenvalue weighted by atomic mass is 10.2. The second-order valence-corrected chi connectivity index (χ2v) is 7.22. The molecule has 0 aliphatic heterocycles.